The van der Waals surface area contributed by atoms with Crippen molar-refractivity contribution < 1.29 is 4.74 Å². The van der Waals surface area contributed by atoms with Gasteiger partial charge in [-0.2, -0.15) is 4.99 Å². The van der Waals surface area contributed by atoms with Crippen LogP contribution in [0.15, 0.2) is 222 Å². The predicted octanol–water partition coefficient (Wildman–Crippen LogP) is 12.8. The van der Waals surface area contributed by atoms with Gasteiger partial charge in [0, 0.05) is 33.4 Å². The summed E-state index contributed by atoms with van der Waals surface area (Å²) in [5.74, 6) is 3.53. The fourth-order valence-electron chi connectivity index (χ4n) is 11.4. The first-order valence-corrected chi connectivity index (χ1v) is 21.9. The molecule has 5 nitrogen and oxygen atoms in total. The van der Waals surface area contributed by atoms with Gasteiger partial charge in [0.15, 0.2) is 0 Å². The number of ether oxygens (including phenoxy) is 1. The molecule has 9 aromatic rings. The molecule has 63 heavy (non-hydrogen) atoms. The van der Waals surface area contributed by atoms with Crippen LogP contribution in [0, 0.1) is 0 Å². The Morgan fingerprint density at radius 2 is 1.19 bits per heavy atom. The van der Waals surface area contributed by atoms with E-state index in [1.165, 1.54) is 66.4 Å². The van der Waals surface area contributed by atoms with Gasteiger partial charge in [-0.15, -0.1) is 0 Å². The summed E-state index contributed by atoms with van der Waals surface area (Å²) in [6.07, 6.45) is 4.96. The van der Waals surface area contributed by atoms with Gasteiger partial charge in [0.1, 0.15) is 23.5 Å². The zero-order valence-corrected chi connectivity index (χ0v) is 34.2. The van der Waals surface area contributed by atoms with E-state index in [1.54, 1.807) is 0 Å². The van der Waals surface area contributed by atoms with Crippen LogP contribution < -0.4 is 10.1 Å². The number of para-hydroxylation sites is 2. The minimum atomic E-state index is -0.476. The van der Waals surface area contributed by atoms with E-state index in [9.17, 15) is 0 Å². The first kappa shape index (κ1) is 34.7. The summed E-state index contributed by atoms with van der Waals surface area (Å²) in [5, 5.41) is 6.14. The van der Waals surface area contributed by atoms with Crippen molar-refractivity contribution in [3.8, 4) is 39.1 Å². The van der Waals surface area contributed by atoms with Gasteiger partial charge in [-0.25, -0.2) is 4.99 Å². The van der Waals surface area contributed by atoms with Crippen LogP contribution in [-0.2, 0) is 5.41 Å². The van der Waals surface area contributed by atoms with Crippen molar-refractivity contribution in [3.63, 3.8) is 0 Å². The van der Waals surface area contributed by atoms with Crippen LogP contribution in [0.5, 0.6) is 5.75 Å². The summed E-state index contributed by atoms with van der Waals surface area (Å²) in [7, 11) is 0. The number of amidine groups is 1. The Kier molecular flexibility index (Phi) is 7.15. The van der Waals surface area contributed by atoms with E-state index in [0.29, 0.717) is 5.96 Å². The number of allylic oxidation sites excluding steroid dienone is 2. The van der Waals surface area contributed by atoms with Gasteiger partial charge in [0.05, 0.1) is 16.4 Å². The van der Waals surface area contributed by atoms with Crippen molar-refractivity contribution in [2.45, 2.75) is 23.9 Å². The second kappa shape index (κ2) is 13.0. The van der Waals surface area contributed by atoms with E-state index in [4.69, 9.17) is 14.7 Å². The molecule has 3 heterocycles. The summed E-state index contributed by atoms with van der Waals surface area (Å²) >= 11 is 0. The van der Waals surface area contributed by atoms with Crippen LogP contribution in [0.2, 0.25) is 0 Å². The molecule has 0 saturated heterocycles. The maximum atomic E-state index is 6.50. The lowest BCUT2D eigenvalue weighted by molar-refractivity contribution is 0.422. The van der Waals surface area contributed by atoms with Crippen molar-refractivity contribution in [2.24, 2.45) is 9.98 Å². The average molecular weight is 807 g/mol. The second-order valence-electron chi connectivity index (χ2n) is 17.2. The lowest BCUT2D eigenvalue weighted by Gasteiger charge is -2.30. The van der Waals surface area contributed by atoms with E-state index in [-0.39, 0.29) is 5.92 Å². The van der Waals surface area contributed by atoms with Gasteiger partial charge in [0.2, 0.25) is 5.96 Å². The molecule has 8 aromatic carbocycles. The Bertz CT molecular complexity index is 3510. The van der Waals surface area contributed by atoms with Crippen LogP contribution in [0.25, 0.3) is 55.2 Å². The topological polar surface area (TPSA) is 50.9 Å². The number of benzene rings is 8. The zero-order valence-electron chi connectivity index (χ0n) is 34.2. The Hall–Kier alpha value is -8.02. The van der Waals surface area contributed by atoms with E-state index in [1.807, 2.05) is 6.07 Å². The van der Waals surface area contributed by atoms with Gasteiger partial charge in [-0.05, 0) is 80.3 Å². The lowest BCUT2D eigenvalue weighted by atomic mass is 9.70. The monoisotopic (exact) mass is 806 g/mol. The molecule has 5 heteroatoms. The molecule has 1 aromatic heterocycles. The van der Waals surface area contributed by atoms with E-state index in [2.05, 4.69) is 204 Å². The molecule has 5 aliphatic rings. The van der Waals surface area contributed by atoms with E-state index in [0.717, 1.165) is 51.5 Å². The third kappa shape index (κ3) is 4.76. The summed E-state index contributed by atoms with van der Waals surface area (Å²) in [5.41, 5.74) is 17.6. The molecule has 2 aliphatic heterocycles. The van der Waals surface area contributed by atoms with Crippen molar-refractivity contribution >= 4 is 33.6 Å². The zero-order chi connectivity index (χ0) is 41.2. The maximum Gasteiger partial charge on any atom is 0.234 e. The highest BCUT2D eigenvalue weighted by atomic mass is 16.5. The number of rotatable bonds is 3. The largest absolute Gasteiger partial charge is 0.461 e. The smallest absolute Gasteiger partial charge is 0.234 e. The average Bonchev–Trinajstić information content (AvgIpc) is 4.08. The number of aliphatic imine (C=N–C) groups is 2. The fraction of sp³-hybridized carbons (Fsp3) is 0.0690. The molecule has 14 rings (SSSR count). The molecule has 3 aliphatic carbocycles. The summed E-state index contributed by atoms with van der Waals surface area (Å²) in [6.45, 7) is 0. The van der Waals surface area contributed by atoms with Gasteiger partial charge >= 0.3 is 0 Å². The number of nitrogens with one attached hydrogen (secondary N) is 1. The summed E-state index contributed by atoms with van der Waals surface area (Å²) in [6, 6.07) is 68.2. The SMILES string of the molecule is C1=C(C2N=C(n3c4ccccc4c4ccc5c(c43)-c3ccccc3C53c4ccccc4-c4ccccc43)N=C(c3ccc(-c4ccccc4)cc3)N2)C=C2Oc3ccccc3C2C1. The molecule has 0 bridgehead atoms. The Labute approximate surface area is 364 Å². The van der Waals surface area contributed by atoms with Crippen molar-refractivity contribution in [2.75, 3.05) is 0 Å². The number of aromatic nitrogens is 1. The molecule has 0 saturated carbocycles. The molecule has 1 spiro atoms. The molecular formula is C58H38N4O. The normalized spacial score (nSPS) is 18.2. The van der Waals surface area contributed by atoms with Gasteiger partial charge in [-0.3, -0.25) is 4.57 Å². The van der Waals surface area contributed by atoms with Crippen LogP contribution >= 0.6 is 0 Å². The highest BCUT2D eigenvalue weighted by Gasteiger charge is 2.52. The fourth-order valence-corrected chi connectivity index (χ4v) is 11.4. The number of nitrogens with zero attached hydrogens (tertiary/aromatic N) is 3. The standard InChI is InChI=1S/C58H38N4O/c1-2-14-35(15-3-1)36-26-28-37(29-27-36)55-59-56(38-30-31-43-42-19-8-13-25-51(42)63-52(43)34-38)61-57(60-55)62-50-24-12-7-18-41(50)44-32-33-49-53(54(44)62)45-20-6-11-23-48(45)58(49)46-21-9-4-16-39(46)40-17-5-10-22-47(40)58/h1-30,32-34,43,56H,31H2,(H,59,60,61). The quantitative estimate of drug-likeness (QED) is 0.193. The second-order valence-corrected chi connectivity index (χ2v) is 17.2. The molecule has 2 atom stereocenters. The molecule has 0 radical (unpaired) electrons. The van der Waals surface area contributed by atoms with E-state index < -0.39 is 11.6 Å². The summed E-state index contributed by atoms with van der Waals surface area (Å²) in [4.78, 5) is 11.1. The molecule has 0 amide bonds. The number of hydrogen-bond acceptors (Lipinski definition) is 4. The van der Waals surface area contributed by atoms with Crippen LogP contribution in [-0.4, -0.2) is 22.5 Å². The highest BCUT2D eigenvalue weighted by molar-refractivity contribution is 6.21. The lowest BCUT2D eigenvalue weighted by Crippen LogP contribution is -2.41. The van der Waals surface area contributed by atoms with Crippen LogP contribution in [0.3, 0.4) is 0 Å². The Morgan fingerprint density at radius 1 is 0.556 bits per heavy atom. The van der Waals surface area contributed by atoms with Gasteiger partial charge < -0.3 is 10.1 Å². The van der Waals surface area contributed by atoms with Crippen molar-refractivity contribution in [1.29, 1.82) is 0 Å². The summed E-state index contributed by atoms with van der Waals surface area (Å²) < 4.78 is 8.85. The third-order valence-electron chi connectivity index (χ3n) is 14.1. The van der Waals surface area contributed by atoms with Crippen molar-refractivity contribution in [1.82, 2.24) is 9.88 Å². The predicted molar refractivity (Wildman–Crippen MR) is 255 cm³/mol. The minimum absolute atomic E-state index is 0.203. The maximum absolute atomic E-state index is 6.50. The van der Waals surface area contributed by atoms with E-state index >= 15 is 0 Å². The van der Waals surface area contributed by atoms with Gasteiger partial charge in [-0.1, -0.05) is 182 Å². The highest BCUT2D eigenvalue weighted by Crippen LogP contribution is 2.64. The molecule has 296 valence electrons. The Balaban J connectivity index is 1.01. The molecule has 2 unspecified atom stereocenters. The van der Waals surface area contributed by atoms with Crippen molar-refractivity contribution in [3.05, 3.63) is 245 Å². The first-order valence-electron chi connectivity index (χ1n) is 21.9. The first-order chi connectivity index (χ1) is 31.2. The Morgan fingerprint density at radius 3 is 1.98 bits per heavy atom. The molecule has 1 N–H and O–H groups in total. The third-order valence-corrected chi connectivity index (χ3v) is 14.1. The molecular weight excluding hydrogens is 769 g/mol. The molecule has 0 fully saturated rings. The van der Waals surface area contributed by atoms with Gasteiger partial charge in [0.25, 0.3) is 0 Å². The van der Waals surface area contributed by atoms with Crippen LogP contribution in [0.1, 0.15) is 45.7 Å². The number of fused-ring (bicyclic) bond motifs is 17. The van der Waals surface area contributed by atoms with Crippen LogP contribution in [0.4, 0.5) is 0 Å². The number of hydrogen-bond donors (Lipinski definition) is 1. The minimum Gasteiger partial charge on any atom is -0.461 e.